The highest BCUT2D eigenvalue weighted by molar-refractivity contribution is 7.22. The number of hydrogen-bond acceptors (Lipinski definition) is 9. The summed E-state index contributed by atoms with van der Waals surface area (Å²) < 4.78 is 27.4. The molecule has 242 valence electrons. The monoisotopic (exact) mass is 645 g/mol. The molecule has 0 bridgehead atoms. The van der Waals surface area contributed by atoms with E-state index in [0.717, 1.165) is 53.5 Å². The van der Waals surface area contributed by atoms with Gasteiger partial charge in [0, 0.05) is 83.0 Å². The Morgan fingerprint density at radius 1 is 0.978 bits per heavy atom. The highest BCUT2D eigenvalue weighted by atomic mass is 32.1. The van der Waals surface area contributed by atoms with Crippen molar-refractivity contribution in [2.24, 2.45) is 5.92 Å². The van der Waals surface area contributed by atoms with E-state index in [2.05, 4.69) is 27.9 Å². The van der Waals surface area contributed by atoms with E-state index in [1.54, 1.807) is 29.3 Å². The lowest BCUT2D eigenvalue weighted by Gasteiger charge is -2.39. The second-order valence-corrected chi connectivity index (χ2v) is 14.4. The van der Waals surface area contributed by atoms with Gasteiger partial charge in [0.25, 0.3) is 0 Å². The topological polar surface area (TPSA) is 88.1 Å². The third kappa shape index (κ3) is 7.89. The van der Waals surface area contributed by atoms with E-state index in [9.17, 15) is 9.59 Å². The highest BCUT2D eigenvalue weighted by Crippen LogP contribution is 2.39. The quantitative estimate of drug-likeness (QED) is 0.207. The molecule has 1 aromatic carbocycles. The number of thiophene rings is 1. The smallest absolute Gasteiger partial charge is 0.410 e. The van der Waals surface area contributed by atoms with Crippen molar-refractivity contribution in [3.05, 3.63) is 71.8 Å². The molecule has 0 spiro atoms. The minimum absolute atomic E-state index is 0.00448. The van der Waals surface area contributed by atoms with Gasteiger partial charge in [0.15, 0.2) is 11.6 Å². The molecule has 3 aromatic heterocycles. The number of carbonyl (C=O) groups is 2. The molecule has 2 aliphatic rings. The van der Waals surface area contributed by atoms with Crippen molar-refractivity contribution in [2.75, 3.05) is 46.3 Å². The molecule has 0 saturated carbocycles. The summed E-state index contributed by atoms with van der Waals surface area (Å²) in [6.45, 7) is 11.6. The fourth-order valence-electron chi connectivity index (χ4n) is 5.70. The number of fused-ring (bicyclic) bond motifs is 1. The number of amides is 1. The van der Waals surface area contributed by atoms with Crippen LogP contribution < -0.4 is 4.74 Å². The third-order valence-corrected chi connectivity index (χ3v) is 9.36. The summed E-state index contributed by atoms with van der Waals surface area (Å²) in [4.78, 5) is 41.4. The number of halogens is 1. The number of pyridine rings is 2. The van der Waals surface area contributed by atoms with Crippen LogP contribution in [0.25, 0.3) is 20.8 Å². The first-order chi connectivity index (χ1) is 22.0. The maximum absolute atomic E-state index is 15.2. The van der Waals surface area contributed by atoms with Gasteiger partial charge in [0.1, 0.15) is 17.1 Å². The molecule has 9 nitrogen and oxygen atoms in total. The molecule has 0 unspecified atom stereocenters. The molecule has 2 fully saturated rings. The molecular formula is C35H40FN5O4S. The highest BCUT2D eigenvalue weighted by Gasteiger charge is 2.34. The van der Waals surface area contributed by atoms with Crippen molar-refractivity contribution in [3.63, 3.8) is 0 Å². The number of likely N-dealkylation sites (tertiary alicyclic amines) is 1. The first-order valence-electron chi connectivity index (χ1n) is 15.7. The zero-order chi connectivity index (χ0) is 32.4. The molecule has 11 heteroatoms. The van der Waals surface area contributed by atoms with Gasteiger partial charge in [-0.2, -0.15) is 0 Å². The molecule has 2 saturated heterocycles. The number of likely N-dealkylation sites (N-methyl/N-ethyl adjacent to an activating group) is 1. The average molecular weight is 646 g/mol. The van der Waals surface area contributed by atoms with Crippen LogP contribution in [0, 0.1) is 11.7 Å². The first-order valence-corrected chi connectivity index (χ1v) is 16.5. The minimum Gasteiger partial charge on any atom is -0.453 e. The average Bonchev–Trinajstić information content (AvgIpc) is 3.42. The molecule has 6 rings (SSSR count). The predicted molar refractivity (Wildman–Crippen MR) is 177 cm³/mol. The Bertz CT molecular complexity index is 1710. The Morgan fingerprint density at radius 2 is 1.74 bits per heavy atom. The SMILES string of the molecule is CN1CCN(Cc2ccc(-c3cc4nccc(Oc5ccc(CC(=O)CC6CN(C(=O)OC(C)(C)C)C6)cc5F)c4s3)nc2)CC1. The van der Waals surface area contributed by atoms with E-state index in [0.29, 0.717) is 30.8 Å². The molecule has 5 heterocycles. The number of hydrogen-bond donors (Lipinski definition) is 0. The summed E-state index contributed by atoms with van der Waals surface area (Å²) in [5.41, 5.74) is 2.83. The summed E-state index contributed by atoms with van der Waals surface area (Å²) in [6.07, 6.45) is 3.69. The molecule has 0 atom stereocenters. The molecule has 46 heavy (non-hydrogen) atoms. The van der Waals surface area contributed by atoms with Gasteiger partial charge < -0.3 is 19.3 Å². The van der Waals surface area contributed by atoms with E-state index < -0.39 is 11.4 Å². The zero-order valence-corrected chi connectivity index (χ0v) is 27.6. The van der Waals surface area contributed by atoms with Crippen LogP contribution in [-0.4, -0.2) is 88.5 Å². The third-order valence-electron chi connectivity index (χ3n) is 8.20. The minimum atomic E-state index is -0.553. The fraction of sp³-hybridized carbons (Fsp3) is 0.429. The zero-order valence-electron chi connectivity index (χ0n) is 26.8. The lowest BCUT2D eigenvalue weighted by molar-refractivity contribution is -0.120. The van der Waals surface area contributed by atoms with Gasteiger partial charge in [-0.15, -0.1) is 11.3 Å². The lowest BCUT2D eigenvalue weighted by Crippen LogP contribution is -2.52. The lowest BCUT2D eigenvalue weighted by atomic mass is 9.92. The Morgan fingerprint density at radius 3 is 2.43 bits per heavy atom. The normalized spacial score (nSPS) is 16.4. The van der Waals surface area contributed by atoms with E-state index in [-0.39, 0.29) is 30.0 Å². The van der Waals surface area contributed by atoms with E-state index in [1.165, 1.54) is 23.0 Å². The standard InChI is InChI=1S/C35H40FN5O4S/c1-35(2,3)45-34(43)41-21-25(22-41)16-26(42)15-23-6-8-30(27(36)17-23)44-31-9-10-37-29-18-32(46-33(29)31)28-7-5-24(19-38-28)20-40-13-11-39(4)12-14-40/h5-10,17-19,25H,11-16,20-22H2,1-4H3. The van der Waals surface area contributed by atoms with Crippen LogP contribution in [0.5, 0.6) is 11.5 Å². The number of piperazine rings is 1. The van der Waals surface area contributed by atoms with Crippen molar-refractivity contribution in [3.8, 4) is 22.1 Å². The molecule has 1 amide bonds. The van der Waals surface area contributed by atoms with E-state index in [1.807, 2.05) is 39.1 Å². The number of rotatable bonds is 9. The Kier molecular flexibility index (Phi) is 9.35. The van der Waals surface area contributed by atoms with Gasteiger partial charge in [0.05, 0.1) is 20.8 Å². The van der Waals surface area contributed by atoms with Gasteiger partial charge in [-0.1, -0.05) is 12.1 Å². The molecule has 4 aromatic rings. The van der Waals surface area contributed by atoms with Gasteiger partial charge in [-0.25, -0.2) is 9.18 Å². The number of Topliss-reactive ketones (excluding diaryl/α,β-unsaturated/α-hetero) is 1. The summed E-state index contributed by atoms with van der Waals surface area (Å²) in [5.74, 6) is 0.147. The van der Waals surface area contributed by atoms with Gasteiger partial charge in [0.2, 0.25) is 0 Å². The number of benzene rings is 1. The summed E-state index contributed by atoms with van der Waals surface area (Å²) in [7, 11) is 2.16. The van der Waals surface area contributed by atoms with Crippen molar-refractivity contribution in [2.45, 2.75) is 45.8 Å². The summed E-state index contributed by atoms with van der Waals surface area (Å²) >= 11 is 1.51. The number of aromatic nitrogens is 2. The Balaban J connectivity index is 1.05. The van der Waals surface area contributed by atoms with Crippen molar-refractivity contribution in [1.82, 2.24) is 24.7 Å². The summed E-state index contributed by atoms with van der Waals surface area (Å²) in [6, 6.07) is 12.5. The van der Waals surface area contributed by atoms with Crippen LogP contribution in [0.4, 0.5) is 9.18 Å². The number of ketones is 1. The van der Waals surface area contributed by atoms with E-state index >= 15 is 4.39 Å². The van der Waals surface area contributed by atoms with Crippen LogP contribution in [0.3, 0.4) is 0 Å². The molecule has 2 aliphatic heterocycles. The molecule has 0 radical (unpaired) electrons. The van der Waals surface area contributed by atoms with E-state index in [4.69, 9.17) is 14.5 Å². The van der Waals surface area contributed by atoms with Crippen molar-refractivity contribution in [1.29, 1.82) is 0 Å². The van der Waals surface area contributed by atoms with Crippen LogP contribution in [0.1, 0.15) is 38.3 Å². The molecule has 0 aliphatic carbocycles. The number of nitrogens with zero attached hydrogens (tertiary/aromatic N) is 5. The van der Waals surface area contributed by atoms with Crippen LogP contribution in [0.2, 0.25) is 0 Å². The van der Waals surface area contributed by atoms with Crippen LogP contribution in [-0.2, 0) is 22.5 Å². The van der Waals surface area contributed by atoms with Crippen LogP contribution in [0.15, 0.2) is 54.9 Å². The second kappa shape index (κ2) is 13.4. The van der Waals surface area contributed by atoms with Gasteiger partial charge >= 0.3 is 6.09 Å². The number of carbonyl (C=O) groups excluding carboxylic acids is 2. The predicted octanol–water partition coefficient (Wildman–Crippen LogP) is 6.41. The largest absolute Gasteiger partial charge is 0.453 e. The molecular weight excluding hydrogens is 605 g/mol. The Labute approximate surface area is 272 Å². The van der Waals surface area contributed by atoms with Crippen molar-refractivity contribution < 1.29 is 23.5 Å². The Hall–Kier alpha value is -3.93. The molecule has 0 N–H and O–H groups in total. The summed E-state index contributed by atoms with van der Waals surface area (Å²) in [5, 5.41) is 0. The number of ether oxygens (including phenoxy) is 2. The van der Waals surface area contributed by atoms with Gasteiger partial charge in [-0.05, 0) is 63.2 Å². The first kappa shape index (κ1) is 32.0. The van der Waals surface area contributed by atoms with Crippen molar-refractivity contribution >= 4 is 33.4 Å². The maximum atomic E-state index is 15.2. The maximum Gasteiger partial charge on any atom is 0.410 e. The second-order valence-electron chi connectivity index (χ2n) is 13.3. The van der Waals surface area contributed by atoms with Gasteiger partial charge in [-0.3, -0.25) is 19.7 Å². The van der Waals surface area contributed by atoms with Crippen LogP contribution >= 0.6 is 11.3 Å². The fourth-order valence-corrected chi connectivity index (χ4v) is 6.74.